The Kier molecular flexibility index (Phi) is 6.97. The highest BCUT2D eigenvalue weighted by Crippen LogP contribution is 2.22. The lowest BCUT2D eigenvalue weighted by atomic mass is 10.6. The van der Waals surface area contributed by atoms with Gasteiger partial charge in [0.25, 0.3) is 0 Å². The van der Waals surface area contributed by atoms with Crippen LogP contribution >= 0.6 is 8.25 Å². The molecule has 0 N–H and O–H groups in total. The molecule has 1 unspecified atom stereocenters. The van der Waals surface area contributed by atoms with E-state index in [1.165, 1.54) is 0 Å². The highest BCUT2D eigenvalue weighted by atomic mass is 31.1. The van der Waals surface area contributed by atoms with Crippen LogP contribution in [0.3, 0.4) is 0 Å². The predicted octanol–water partition coefficient (Wildman–Crippen LogP) is 1.89. The summed E-state index contributed by atoms with van der Waals surface area (Å²) in [4.78, 5) is 0. The van der Waals surface area contributed by atoms with Crippen molar-refractivity contribution >= 4 is 8.25 Å². The van der Waals surface area contributed by atoms with Crippen LogP contribution in [0.2, 0.25) is 0 Å². The smallest absolute Gasteiger partial charge is 0.117 e. The highest BCUT2D eigenvalue weighted by Gasteiger charge is 2.17. The van der Waals surface area contributed by atoms with E-state index in [1.54, 1.807) is 12.2 Å². The summed E-state index contributed by atoms with van der Waals surface area (Å²) < 4.78 is 19.9. The van der Waals surface area contributed by atoms with Crippen LogP contribution in [0, 0.1) is 12.3 Å². The summed E-state index contributed by atoms with van der Waals surface area (Å²) >= 11 is 0. The first-order chi connectivity index (χ1) is 5.31. The van der Waals surface area contributed by atoms with Gasteiger partial charge < -0.3 is 0 Å². The lowest BCUT2D eigenvalue weighted by Crippen LogP contribution is -1.85. The summed E-state index contributed by atoms with van der Waals surface area (Å²) in [7, 11) is -2.04. The van der Waals surface area contributed by atoms with Crippen LogP contribution in [-0.4, -0.2) is 13.2 Å². The minimum atomic E-state index is -2.04. The lowest BCUT2D eigenvalue weighted by molar-refractivity contribution is 0.264. The maximum Gasteiger partial charge on any atom is 0.698 e. The molecule has 11 heavy (non-hydrogen) atoms. The van der Waals surface area contributed by atoms with E-state index >= 15 is 0 Å². The molecular formula is C7H10O3P+. The summed E-state index contributed by atoms with van der Waals surface area (Å²) in [5.41, 5.74) is 0. The molecule has 0 fully saturated rings. The number of hydrogen-bond donors (Lipinski definition) is 0. The first-order valence-corrected chi connectivity index (χ1v) is 4.18. The Labute approximate surface area is 67.3 Å². The van der Waals surface area contributed by atoms with Crippen molar-refractivity contribution in [1.82, 2.24) is 0 Å². The van der Waals surface area contributed by atoms with E-state index in [1.807, 2.05) is 6.92 Å². The van der Waals surface area contributed by atoms with Gasteiger partial charge in [-0.2, -0.15) is 0 Å². The molecule has 0 saturated carbocycles. The monoisotopic (exact) mass is 173 g/mol. The second-order valence-corrected chi connectivity index (χ2v) is 2.53. The van der Waals surface area contributed by atoms with Crippen molar-refractivity contribution in [3.05, 3.63) is 12.2 Å². The zero-order valence-electron chi connectivity index (χ0n) is 6.32. The molecule has 0 aliphatic heterocycles. The molecule has 0 bridgehead atoms. The molecule has 0 aliphatic rings. The van der Waals surface area contributed by atoms with Crippen molar-refractivity contribution in [2.24, 2.45) is 0 Å². The van der Waals surface area contributed by atoms with Crippen LogP contribution in [0.4, 0.5) is 0 Å². The SMILES string of the molecule is C#CCO[P+](=O)OC/C=C/C. The molecule has 3 nitrogen and oxygen atoms in total. The average Bonchev–Trinajstić information content (AvgIpc) is 2.01. The summed E-state index contributed by atoms with van der Waals surface area (Å²) in [5, 5.41) is 0. The molecule has 0 aromatic heterocycles. The van der Waals surface area contributed by atoms with E-state index in [9.17, 15) is 4.57 Å². The fourth-order valence-electron chi connectivity index (χ4n) is 0.327. The van der Waals surface area contributed by atoms with Crippen molar-refractivity contribution in [3.63, 3.8) is 0 Å². The van der Waals surface area contributed by atoms with E-state index in [0.29, 0.717) is 0 Å². The van der Waals surface area contributed by atoms with E-state index in [-0.39, 0.29) is 13.2 Å². The lowest BCUT2D eigenvalue weighted by Gasteiger charge is -1.81. The molecule has 4 heteroatoms. The molecule has 0 rings (SSSR count). The summed E-state index contributed by atoms with van der Waals surface area (Å²) in [6.45, 7) is 2.15. The topological polar surface area (TPSA) is 35.5 Å². The Morgan fingerprint density at radius 2 is 2.36 bits per heavy atom. The second-order valence-electron chi connectivity index (χ2n) is 1.57. The Morgan fingerprint density at radius 3 is 2.91 bits per heavy atom. The van der Waals surface area contributed by atoms with Crippen LogP contribution in [0.1, 0.15) is 6.92 Å². The minimum absolute atomic E-state index is 0.0189. The van der Waals surface area contributed by atoms with Crippen molar-refractivity contribution in [3.8, 4) is 12.3 Å². The van der Waals surface area contributed by atoms with Crippen molar-refractivity contribution in [1.29, 1.82) is 0 Å². The maximum absolute atomic E-state index is 10.7. The van der Waals surface area contributed by atoms with Gasteiger partial charge in [-0.05, 0) is 6.92 Å². The third-order valence-electron chi connectivity index (χ3n) is 0.765. The largest absolute Gasteiger partial charge is 0.698 e. The van der Waals surface area contributed by atoms with Crippen LogP contribution in [0.5, 0.6) is 0 Å². The van der Waals surface area contributed by atoms with E-state index < -0.39 is 8.25 Å². The minimum Gasteiger partial charge on any atom is -0.117 e. The van der Waals surface area contributed by atoms with E-state index in [0.717, 1.165) is 0 Å². The molecule has 60 valence electrons. The van der Waals surface area contributed by atoms with Gasteiger partial charge in [-0.1, -0.05) is 18.1 Å². The molecular weight excluding hydrogens is 163 g/mol. The Bertz CT molecular complexity index is 181. The van der Waals surface area contributed by atoms with Gasteiger partial charge in [-0.3, -0.25) is 0 Å². The van der Waals surface area contributed by atoms with E-state index in [2.05, 4.69) is 15.0 Å². The number of terminal acetylenes is 1. The molecule has 0 aromatic rings. The number of rotatable bonds is 5. The third kappa shape index (κ3) is 7.21. The van der Waals surface area contributed by atoms with Crippen LogP contribution in [0.25, 0.3) is 0 Å². The van der Waals surface area contributed by atoms with E-state index in [4.69, 9.17) is 6.42 Å². The Hall–Kier alpha value is -0.680. The molecule has 0 aromatic carbocycles. The van der Waals surface area contributed by atoms with Gasteiger partial charge in [0.05, 0.1) is 0 Å². The number of hydrogen-bond acceptors (Lipinski definition) is 3. The van der Waals surface area contributed by atoms with Gasteiger partial charge >= 0.3 is 8.25 Å². The second kappa shape index (κ2) is 7.43. The predicted molar refractivity (Wildman–Crippen MR) is 43.2 cm³/mol. The molecule has 0 saturated heterocycles. The van der Waals surface area contributed by atoms with Gasteiger partial charge in [0.15, 0.2) is 6.61 Å². The summed E-state index contributed by atoms with van der Waals surface area (Å²) in [5.74, 6) is 2.18. The molecule has 0 amide bonds. The molecule has 0 heterocycles. The van der Waals surface area contributed by atoms with Gasteiger partial charge in [0, 0.05) is 4.57 Å². The highest BCUT2D eigenvalue weighted by molar-refractivity contribution is 7.33. The zero-order chi connectivity index (χ0) is 8.53. The van der Waals surface area contributed by atoms with Gasteiger partial charge in [-0.15, -0.1) is 15.5 Å². The van der Waals surface area contributed by atoms with Gasteiger partial charge in [-0.25, -0.2) is 0 Å². The van der Waals surface area contributed by atoms with Gasteiger partial charge in [0.1, 0.15) is 6.61 Å². The van der Waals surface area contributed by atoms with Crippen molar-refractivity contribution in [2.45, 2.75) is 6.92 Å². The maximum atomic E-state index is 10.7. The quantitative estimate of drug-likeness (QED) is 0.361. The van der Waals surface area contributed by atoms with Crippen molar-refractivity contribution in [2.75, 3.05) is 13.2 Å². The molecule has 0 spiro atoms. The van der Waals surface area contributed by atoms with Crippen molar-refractivity contribution < 1.29 is 13.6 Å². The fraction of sp³-hybridized carbons (Fsp3) is 0.429. The van der Waals surface area contributed by atoms with Gasteiger partial charge in [0.2, 0.25) is 0 Å². The average molecular weight is 173 g/mol. The van der Waals surface area contributed by atoms with Crippen LogP contribution in [0.15, 0.2) is 12.2 Å². The molecule has 0 radical (unpaired) electrons. The van der Waals surface area contributed by atoms with Crippen LogP contribution in [-0.2, 0) is 13.6 Å². The first-order valence-electron chi connectivity index (χ1n) is 3.09. The number of allylic oxidation sites excluding steroid dienone is 1. The fourth-order valence-corrected chi connectivity index (χ4v) is 0.790. The zero-order valence-corrected chi connectivity index (χ0v) is 7.21. The van der Waals surface area contributed by atoms with Crippen LogP contribution < -0.4 is 0 Å². The first kappa shape index (κ1) is 10.3. The third-order valence-corrected chi connectivity index (χ3v) is 1.46. The Balaban J connectivity index is 3.31. The summed E-state index contributed by atoms with van der Waals surface area (Å²) in [6, 6.07) is 0. The standard InChI is InChI=1S/C7H10O3P/c1-3-5-7-10-11(8)9-6-4-2/h2-3,5H,6-7H2,1H3/q+1/b5-3+. The molecule has 0 aliphatic carbocycles. The Morgan fingerprint density at radius 1 is 1.64 bits per heavy atom. The normalized spacial score (nSPS) is 11.5. The summed E-state index contributed by atoms with van der Waals surface area (Å²) in [6.07, 6.45) is 8.38. The molecule has 1 atom stereocenters.